The third-order valence-corrected chi connectivity index (χ3v) is 5.62. The maximum atomic E-state index is 13.3. The van der Waals surface area contributed by atoms with E-state index in [-0.39, 0.29) is 18.3 Å². The van der Waals surface area contributed by atoms with Crippen LogP contribution in [0.25, 0.3) is 10.2 Å². The summed E-state index contributed by atoms with van der Waals surface area (Å²) in [6.45, 7) is 5.75. The minimum atomic E-state index is 0. The van der Waals surface area contributed by atoms with Crippen molar-refractivity contribution in [3.8, 4) is 0 Å². The standard InChI is InChI=1S/C22H27N3OS.ClH/c1-5-17-10-11-19-20(15-17)27-22(23-19)25(13-7-12-24(3)4)21(26)18-9-6-8-16(2)14-18;/h6,8-11,14-15H,5,7,12-13H2,1-4H3;1H. The van der Waals surface area contributed by atoms with Crippen LogP contribution in [0.4, 0.5) is 5.13 Å². The van der Waals surface area contributed by atoms with Crippen LogP contribution in [0.1, 0.15) is 34.8 Å². The lowest BCUT2D eigenvalue weighted by molar-refractivity contribution is 0.0986. The average molecular weight is 418 g/mol. The van der Waals surface area contributed by atoms with Crippen LogP contribution >= 0.6 is 23.7 Å². The number of hydrogen-bond donors (Lipinski definition) is 0. The fourth-order valence-corrected chi connectivity index (χ4v) is 4.11. The zero-order valence-electron chi connectivity index (χ0n) is 16.9. The van der Waals surface area contributed by atoms with E-state index in [1.165, 1.54) is 5.56 Å². The van der Waals surface area contributed by atoms with E-state index in [0.717, 1.165) is 40.3 Å². The Kier molecular flexibility index (Phi) is 7.98. The van der Waals surface area contributed by atoms with Gasteiger partial charge in [-0.05, 0) is 70.2 Å². The second-order valence-corrected chi connectivity index (χ2v) is 8.14. The van der Waals surface area contributed by atoms with Crippen molar-refractivity contribution in [2.75, 3.05) is 32.1 Å². The second-order valence-electron chi connectivity index (χ2n) is 7.14. The van der Waals surface area contributed by atoms with Gasteiger partial charge in [-0.25, -0.2) is 4.98 Å². The Bertz CT molecular complexity index is 938. The third kappa shape index (κ3) is 5.31. The largest absolute Gasteiger partial charge is 0.309 e. The van der Waals surface area contributed by atoms with Gasteiger partial charge in [-0.2, -0.15) is 0 Å². The van der Waals surface area contributed by atoms with E-state index < -0.39 is 0 Å². The van der Waals surface area contributed by atoms with E-state index in [0.29, 0.717) is 12.1 Å². The van der Waals surface area contributed by atoms with Crippen LogP contribution in [-0.2, 0) is 6.42 Å². The number of benzene rings is 2. The Balaban J connectivity index is 0.00000280. The van der Waals surface area contributed by atoms with Crippen molar-refractivity contribution in [2.45, 2.75) is 26.7 Å². The number of amides is 1. The summed E-state index contributed by atoms with van der Waals surface area (Å²) in [5.41, 5.74) is 4.06. The molecule has 0 radical (unpaired) electrons. The number of carbonyl (C=O) groups is 1. The summed E-state index contributed by atoms with van der Waals surface area (Å²) in [5, 5.41) is 0.781. The fraction of sp³-hybridized carbons (Fsp3) is 0.364. The second kappa shape index (κ2) is 10.0. The van der Waals surface area contributed by atoms with Crippen molar-refractivity contribution in [2.24, 2.45) is 0 Å². The lowest BCUT2D eigenvalue weighted by Crippen LogP contribution is -2.33. The molecule has 0 bridgehead atoms. The summed E-state index contributed by atoms with van der Waals surface area (Å²) in [6.07, 6.45) is 1.90. The van der Waals surface area contributed by atoms with Crippen molar-refractivity contribution < 1.29 is 4.79 Å². The summed E-state index contributed by atoms with van der Waals surface area (Å²) in [6, 6.07) is 14.1. The molecule has 2 aromatic carbocycles. The molecule has 0 fully saturated rings. The first-order valence-corrected chi connectivity index (χ1v) is 10.2. The maximum Gasteiger partial charge on any atom is 0.260 e. The van der Waals surface area contributed by atoms with Gasteiger partial charge in [0, 0.05) is 12.1 Å². The summed E-state index contributed by atoms with van der Waals surface area (Å²) in [5.74, 6) is 0.0206. The van der Waals surface area contributed by atoms with Crippen molar-refractivity contribution in [1.82, 2.24) is 9.88 Å². The Hall–Kier alpha value is -1.95. The normalized spacial score (nSPS) is 10.9. The van der Waals surface area contributed by atoms with Gasteiger partial charge in [-0.15, -0.1) is 12.4 Å². The lowest BCUT2D eigenvalue weighted by atomic mass is 10.1. The maximum absolute atomic E-state index is 13.3. The highest BCUT2D eigenvalue weighted by Gasteiger charge is 2.21. The summed E-state index contributed by atoms with van der Waals surface area (Å²) in [7, 11) is 4.10. The van der Waals surface area contributed by atoms with Gasteiger partial charge in [0.15, 0.2) is 5.13 Å². The van der Waals surface area contributed by atoms with E-state index in [2.05, 4.69) is 44.1 Å². The van der Waals surface area contributed by atoms with E-state index in [1.54, 1.807) is 11.3 Å². The molecule has 28 heavy (non-hydrogen) atoms. The first-order valence-electron chi connectivity index (χ1n) is 9.40. The van der Waals surface area contributed by atoms with Crippen LogP contribution in [0.5, 0.6) is 0 Å². The van der Waals surface area contributed by atoms with Gasteiger partial charge in [-0.3, -0.25) is 9.69 Å². The smallest absolute Gasteiger partial charge is 0.260 e. The molecule has 0 saturated heterocycles. The topological polar surface area (TPSA) is 36.4 Å². The fourth-order valence-electron chi connectivity index (χ4n) is 3.06. The molecule has 1 aromatic heterocycles. The Morgan fingerprint density at radius 3 is 2.57 bits per heavy atom. The molecule has 1 heterocycles. The van der Waals surface area contributed by atoms with Crippen LogP contribution < -0.4 is 4.90 Å². The Morgan fingerprint density at radius 1 is 1.11 bits per heavy atom. The molecule has 0 atom stereocenters. The van der Waals surface area contributed by atoms with Gasteiger partial charge in [0.05, 0.1) is 10.2 Å². The first-order chi connectivity index (χ1) is 13.0. The molecule has 6 heteroatoms. The summed E-state index contributed by atoms with van der Waals surface area (Å²) < 4.78 is 1.14. The minimum absolute atomic E-state index is 0. The predicted molar refractivity (Wildman–Crippen MR) is 122 cm³/mol. The van der Waals surface area contributed by atoms with E-state index in [1.807, 2.05) is 36.1 Å². The number of anilines is 1. The van der Waals surface area contributed by atoms with Crippen molar-refractivity contribution >= 4 is 45.0 Å². The molecule has 3 aromatic rings. The zero-order chi connectivity index (χ0) is 19.4. The Labute approximate surface area is 177 Å². The van der Waals surface area contributed by atoms with Gasteiger partial charge in [0.1, 0.15) is 0 Å². The molecule has 0 N–H and O–H groups in total. The van der Waals surface area contributed by atoms with Crippen molar-refractivity contribution in [3.05, 3.63) is 59.2 Å². The minimum Gasteiger partial charge on any atom is -0.309 e. The zero-order valence-corrected chi connectivity index (χ0v) is 18.6. The summed E-state index contributed by atoms with van der Waals surface area (Å²) >= 11 is 1.60. The lowest BCUT2D eigenvalue weighted by Gasteiger charge is -2.21. The highest BCUT2D eigenvalue weighted by atomic mass is 35.5. The number of halogens is 1. The molecule has 4 nitrogen and oxygen atoms in total. The molecular formula is C22H28ClN3OS. The molecule has 0 aliphatic rings. The monoisotopic (exact) mass is 417 g/mol. The average Bonchev–Trinajstić information content (AvgIpc) is 3.07. The number of fused-ring (bicyclic) bond motifs is 1. The van der Waals surface area contributed by atoms with Crippen LogP contribution in [0.3, 0.4) is 0 Å². The van der Waals surface area contributed by atoms with Gasteiger partial charge in [0.2, 0.25) is 0 Å². The number of carbonyl (C=O) groups excluding carboxylic acids is 1. The summed E-state index contributed by atoms with van der Waals surface area (Å²) in [4.78, 5) is 22.0. The van der Waals surface area contributed by atoms with Gasteiger partial charge < -0.3 is 4.90 Å². The number of aromatic nitrogens is 1. The molecule has 3 rings (SSSR count). The quantitative estimate of drug-likeness (QED) is 0.531. The van der Waals surface area contributed by atoms with Crippen LogP contribution in [-0.4, -0.2) is 43.0 Å². The predicted octanol–water partition coefficient (Wildman–Crippen LogP) is 5.19. The number of aryl methyl sites for hydroxylation is 2. The molecule has 150 valence electrons. The molecular weight excluding hydrogens is 390 g/mol. The van der Waals surface area contributed by atoms with E-state index in [9.17, 15) is 4.79 Å². The van der Waals surface area contributed by atoms with Crippen molar-refractivity contribution in [3.63, 3.8) is 0 Å². The van der Waals surface area contributed by atoms with Gasteiger partial charge in [0.25, 0.3) is 5.91 Å². The van der Waals surface area contributed by atoms with Crippen LogP contribution in [0, 0.1) is 6.92 Å². The highest BCUT2D eigenvalue weighted by Crippen LogP contribution is 2.31. The third-order valence-electron chi connectivity index (χ3n) is 4.58. The first kappa shape index (κ1) is 22.3. The Morgan fingerprint density at radius 2 is 1.89 bits per heavy atom. The molecule has 0 aliphatic carbocycles. The number of hydrogen-bond acceptors (Lipinski definition) is 4. The molecule has 0 saturated carbocycles. The van der Waals surface area contributed by atoms with E-state index in [4.69, 9.17) is 4.98 Å². The van der Waals surface area contributed by atoms with E-state index >= 15 is 0 Å². The highest BCUT2D eigenvalue weighted by molar-refractivity contribution is 7.22. The number of rotatable bonds is 7. The molecule has 0 aliphatic heterocycles. The van der Waals surface area contributed by atoms with Crippen LogP contribution in [0.2, 0.25) is 0 Å². The van der Waals surface area contributed by atoms with Crippen LogP contribution in [0.15, 0.2) is 42.5 Å². The molecule has 0 unspecified atom stereocenters. The SMILES string of the molecule is CCc1ccc2nc(N(CCCN(C)C)C(=O)c3cccc(C)c3)sc2c1.Cl. The molecule has 0 spiro atoms. The van der Waals surface area contributed by atoms with Gasteiger partial charge >= 0.3 is 0 Å². The van der Waals surface area contributed by atoms with Gasteiger partial charge in [-0.1, -0.05) is 42.0 Å². The van der Waals surface area contributed by atoms with Crippen molar-refractivity contribution in [1.29, 1.82) is 0 Å². The number of thiazole rings is 1. The molecule has 1 amide bonds. The number of nitrogens with zero attached hydrogens (tertiary/aromatic N) is 3.